The molecular weight excluding hydrogens is 421 g/mol. The van der Waals surface area contributed by atoms with Gasteiger partial charge in [0.05, 0.1) is 18.6 Å². The molecule has 3 rings (SSSR count). The summed E-state index contributed by atoms with van der Waals surface area (Å²) in [4.78, 5) is 18.7. The fourth-order valence-electron chi connectivity index (χ4n) is 4.05. The van der Waals surface area contributed by atoms with Crippen molar-refractivity contribution in [1.29, 1.82) is 0 Å². The summed E-state index contributed by atoms with van der Waals surface area (Å²) in [5.74, 6) is -2.42. The van der Waals surface area contributed by atoms with Gasteiger partial charge in [0, 0.05) is 6.04 Å². The van der Waals surface area contributed by atoms with E-state index in [2.05, 4.69) is 5.16 Å². The number of oxime groups is 1. The van der Waals surface area contributed by atoms with Crippen LogP contribution in [0.4, 0.5) is 13.2 Å². The third-order valence-electron chi connectivity index (χ3n) is 5.57. The van der Waals surface area contributed by atoms with Gasteiger partial charge in [-0.05, 0) is 37.8 Å². The van der Waals surface area contributed by atoms with Gasteiger partial charge in [-0.15, -0.1) is 0 Å². The van der Waals surface area contributed by atoms with Crippen molar-refractivity contribution in [2.45, 2.75) is 51.6 Å². The minimum absolute atomic E-state index is 0.0949. The number of likely N-dealkylation sites (tertiary alicyclic amines) is 1. The number of benzene rings is 2. The van der Waals surface area contributed by atoms with Crippen molar-refractivity contribution >= 4 is 11.8 Å². The lowest BCUT2D eigenvalue weighted by atomic mass is 9.99. The number of hydrogen-bond donors (Lipinski definition) is 0. The Labute approximate surface area is 185 Å². The van der Waals surface area contributed by atoms with E-state index in [-0.39, 0.29) is 13.2 Å². The van der Waals surface area contributed by atoms with E-state index in [1.54, 1.807) is 62.4 Å². The van der Waals surface area contributed by atoms with Gasteiger partial charge in [0.25, 0.3) is 5.84 Å². The Morgan fingerprint density at radius 1 is 1.09 bits per heavy atom. The van der Waals surface area contributed by atoms with Gasteiger partial charge >= 0.3 is 12.1 Å². The Kier molecular flexibility index (Phi) is 7.77. The first-order chi connectivity index (χ1) is 15.3. The highest BCUT2D eigenvalue weighted by atomic mass is 19.4. The molecular formula is C24H27F3N2O3. The molecule has 172 valence electrons. The third-order valence-corrected chi connectivity index (χ3v) is 5.57. The van der Waals surface area contributed by atoms with Crippen molar-refractivity contribution in [2.75, 3.05) is 6.61 Å². The van der Waals surface area contributed by atoms with Gasteiger partial charge in [-0.25, -0.2) is 0 Å². The van der Waals surface area contributed by atoms with Crippen LogP contribution in [0.5, 0.6) is 0 Å². The molecule has 0 spiro atoms. The number of esters is 1. The van der Waals surface area contributed by atoms with Crippen LogP contribution in [0.2, 0.25) is 0 Å². The Bertz CT molecular complexity index is 904. The van der Waals surface area contributed by atoms with Gasteiger partial charge in [0.15, 0.2) is 0 Å². The second kappa shape index (κ2) is 10.5. The first kappa shape index (κ1) is 23.6. The van der Waals surface area contributed by atoms with E-state index < -0.39 is 36.0 Å². The molecule has 0 saturated carbocycles. The zero-order valence-corrected chi connectivity index (χ0v) is 18.1. The molecule has 1 fully saturated rings. The average Bonchev–Trinajstić information content (AvgIpc) is 3.21. The fraction of sp³-hybridized carbons (Fsp3) is 0.417. The van der Waals surface area contributed by atoms with Crippen LogP contribution in [-0.2, 0) is 21.0 Å². The highest BCUT2D eigenvalue weighted by Crippen LogP contribution is 2.42. The minimum atomic E-state index is -4.76. The molecule has 0 bridgehead atoms. The predicted octanol–water partition coefficient (Wildman–Crippen LogP) is 5.48. The Morgan fingerprint density at radius 3 is 2.31 bits per heavy atom. The number of alkyl halides is 3. The van der Waals surface area contributed by atoms with Crippen LogP contribution < -0.4 is 0 Å². The van der Waals surface area contributed by atoms with Gasteiger partial charge in [-0.2, -0.15) is 13.2 Å². The van der Waals surface area contributed by atoms with Crippen molar-refractivity contribution in [3.05, 3.63) is 71.8 Å². The second-order valence-corrected chi connectivity index (χ2v) is 7.69. The first-order valence-corrected chi connectivity index (χ1v) is 10.6. The molecule has 0 N–H and O–H groups in total. The number of ether oxygens (including phenoxy) is 1. The van der Waals surface area contributed by atoms with Crippen molar-refractivity contribution in [3.63, 3.8) is 0 Å². The predicted molar refractivity (Wildman–Crippen MR) is 115 cm³/mol. The standard InChI is InChI=1S/C24H27F3N2O3/c1-3-31-22(30)17(2)20-14-15-21(19-12-8-5-9-13-19)29(20)23(24(25,26)27)28-32-16-18-10-6-4-7-11-18/h4-13,17,20-21H,3,14-16H2,1-2H3/b28-23+. The number of halogens is 3. The average molecular weight is 448 g/mol. The zero-order valence-electron chi connectivity index (χ0n) is 18.1. The van der Waals surface area contributed by atoms with Gasteiger partial charge in [-0.1, -0.05) is 65.8 Å². The maximum Gasteiger partial charge on any atom is 0.452 e. The summed E-state index contributed by atoms with van der Waals surface area (Å²) in [6, 6.07) is 16.5. The molecule has 3 unspecified atom stereocenters. The number of amidine groups is 1. The Morgan fingerprint density at radius 2 is 1.72 bits per heavy atom. The summed E-state index contributed by atoms with van der Waals surface area (Å²) in [7, 11) is 0. The van der Waals surface area contributed by atoms with E-state index in [1.807, 2.05) is 12.1 Å². The van der Waals surface area contributed by atoms with Gasteiger partial charge < -0.3 is 14.5 Å². The number of carbonyl (C=O) groups excluding carboxylic acids is 1. The quantitative estimate of drug-likeness (QED) is 0.243. The number of nitrogens with zero attached hydrogens (tertiary/aromatic N) is 2. The lowest BCUT2D eigenvalue weighted by Crippen LogP contribution is -2.49. The van der Waals surface area contributed by atoms with Crippen molar-refractivity contribution in [1.82, 2.24) is 4.90 Å². The maximum atomic E-state index is 14.2. The molecule has 3 atom stereocenters. The molecule has 0 amide bonds. The summed E-state index contributed by atoms with van der Waals surface area (Å²) in [6.07, 6.45) is -3.92. The molecule has 5 nitrogen and oxygen atoms in total. The SMILES string of the molecule is CCOC(=O)C(C)C1CCC(c2ccccc2)N1/C(=N/OCc1ccccc1)C(F)(F)F. The smallest absolute Gasteiger partial charge is 0.452 e. The normalized spacial score (nSPS) is 20.2. The van der Waals surface area contributed by atoms with E-state index in [0.717, 1.165) is 5.56 Å². The van der Waals surface area contributed by atoms with Gasteiger partial charge in [0.1, 0.15) is 6.61 Å². The second-order valence-electron chi connectivity index (χ2n) is 7.69. The van der Waals surface area contributed by atoms with E-state index >= 15 is 0 Å². The lowest BCUT2D eigenvalue weighted by Gasteiger charge is -2.35. The van der Waals surface area contributed by atoms with E-state index in [0.29, 0.717) is 18.4 Å². The van der Waals surface area contributed by atoms with E-state index in [1.165, 1.54) is 4.90 Å². The fourth-order valence-corrected chi connectivity index (χ4v) is 4.05. The van der Waals surface area contributed by atoms with Crippen LogP contribution in [0.25, 0.3) is 0 Å². The molecule has 1 aliphatic heterocycles. The number of rotatable bonds is 7. The summed E-state index contributed by atoms with van der Waals surface area (Å²) in [5.41, 5.74) is 1.43. The summed E-state index contributed by atoms with van der Waals surface area (Å²) < 4.78 is 47.7. The highest BCUT2D eigenvalue weighted by Gasteiger charge is 2.50. The van der Waals surface area contributed by atoms with Crippen LogP contribution in [-0.4, -0.2) is 35.5 Å². The summed E-state index contributed by atoms with van der Waals surface area (Å²) >= 11 is 0. The monoisotopic (exact) mass is 448 g/mol. The highest BCUT2D eigenvalue weighted by molar-refractivity contribution is 5.89. The van der Waals surface area contributed by atoms with Crippen LogP contribution in [0.1, 0.15) is 43.9 Å². The Balaban J connectivity index is 1.95. The molecule has 32 heavy (non-hydrogen) atoms. The van der Waals surface area contributed by atoms with Crippen LogP contribution in [0.15, 0.2) is 65.8 Å². The van der Waals surface area contributed by atoms with Gasteiger partial charge in [-0.3, -0.25) is 4.79 Å². The topological polar surface area (TPSA) is 51.1 Å². The molecule has 1 saturated heterocycles. The number of hydrogen-bond acceptors (Lipinski definition) is 4. The molecule has 1 aliphatic rings. The van der Waals surface area contributed by atoms with E-state index in [9.17, 15) is 18.0 Å². The van der Waals surface area contributed by atoms with Crippen LogP contribution in [0, 0.1) is 5.92 Å². The molecule has 2 aromatic carbocycles. The van der Waals surface area contributed by atoms with E-state index in [4.69, 9.17) is 9.57 Å². The molecule has 8 heteroatoms. The minimum Gasteiger partial charge on any atom is -0.466 e. The van der Waals surface area contributed by atoms with Crippen molar-refractivity contribution < 1.29 is 27.5 Å². The molecule has 0 radical (unpaired) electrons. The summed E-state index contributed by atoms with van der Waals surface area (Å²) in [6.45, 7) is 3.34. The maximum absolute atomic E-state index is 14.2. The van der Waals surface area contributed by atoms with Crippen LogP contribution >= 0.6 is 0 Å². The molecule has 2 aromatic rings. The van der Waals surface area contributed by atoms with Crippen molar-refractivity contribution in [2.24, 2.45) is 11.1 Å². The largest absolute Gasteiger partial charge is 0.466 e. The summed E-state index contributed by atoms with van der Waals surface area (Å²) in [5, 5.41) is 3.55. The zero-order chi connectivity index (χ0) is 23.1. The lowest BCUT2D eigenvalue weighted by molar-refractivity contribution is -0.149. The number of carbonyl (C=O) groups is 1. The van der Waals surface area contributed by atoms with Gasteiger partial charge in [0.2, 0.25) is 0 Å². The van der Waals surface area contributed by atoms with Crippen molar-refractivity contribution in [3.8, 4) is 0 Å². The Hall–Kier alpha value is -3.03. The molecule has 1 heterocycles. The third kappa shape index (κ3) is 5.60. The molecule has 0 aliphatic carbocycles. The van der Waals surface area contributed by atoms with Crippen LogP contribution in [0.3, 0.4) is 0 Å². The first-order valence-electron chi connectivity index (χ1n) is 10.6. The molecule has 0 aromatic heterocycles.